The van der Waals surface area contributed by atoms with Gasteiger partial charge in [0.1, 0.15) is 5.75 Å². The summed E-state index contributed by atoms with van der Waals surface area (Å²) in [5.41, 5.74) is 4.72. The topological polar surface area (TPSA) is 85.9 Å². The van der Waals surface area contributed by atoms with Crippen molar-refractivity contribution in [1.82, 2.24) is 5.32 Å². The molecule has 37 heavy (non-hydrogen) atoms. The number of piperazine rings is 1. The van der Waals surface area contributed by atoms with Crippen LogP contribution in [0.2, 0.25) is 0 Å². The SMILES string of the molecule is COc1ccccc1N1CCN(c2ccc(NC(=O)Nc3ccccc3C)cc2C(=O)NC(C)C)CC1. The second kappa shape index (κ2) is 11.7. The van der Waals surface area contributed by atoms with Crippen molar-refractivity contribution in [1.29, 1.82) is 0 Å². The molecule has 1 saturated heterocycles. The first-order valence-electron chi connectivity index (χ1n) is 12.6. The zero-order valence-electron chi connectivity index (χ0n) is 21.9. The van der Waals surface area contributed by atoms with Crippen molar-refractivity contribution in [3.63, 3.8) is 0 Å². The molecular weight excluding hydrogens is 466 g/mol. The number of carbonyl (C=O) groups is 2. The predicted octanol–water partition coefficient (Wildman–Crippen LogP) is 5.11. The Morgan fingerprint density at radius 2 is 1.49 bits per heavy atom. The minimum Gasteiger partial charge on any atom is -0.495 e. The van der Waals surface area contributed by atoms with Crippen molar-refractivity contribution in [3.05, 3.63) is 77.9 Å². The Kier molecular flexibility index (Phi) is 8.18. The highest BCUT2D eigenvalue weighted by molar-refractivity contribution is 6.04. The molecule has 194 valence electrons. The number of nitrogens with zero attached hydrogens (tertiary/aromatic N) is 2. The third-order valence-electron chi connectivity index (χ3n) is 6.36. The molecule has 0 unspecified atom stereocenters. The second-order valence-corrected chi connectivity index (χ2v) is 9.40. The summed E-state index contributed by atoms with van der Waals surface area (Å²) < 4.78 is 5.54. The molecule has 0 atom stereocenters. The van der Waals surface area contributed by atoms with E-state index in [-0.39, 0.29) is 18.0 Å². The standard InChI is InChI=1S/C29H35N5O3/c1-20(2)30-28(35)23-19-22(31-29(36)32-24-10-6-5-9-21(24)3)13-14-25(23)33-15-17-34(18-16-33)26-11-7-8-12-27(26)37-4/h5-14,19-20H,15-18H2,1-4H3,(H,30,35)(H2,31,32,36). The van der Waals surface area contributed by atoms with Crippen LogP contribution in [-0.4, -0.2) is 51.3 Å². The van der Waals surface area contributed by atoms with Crippen LogP contribution < -0.4 is 30.5 Å². The van der Waals surface area contributed by atoms with E-state index >= 15 is 0 Å². The lowest BCUT2D eigenvalue weighted by molar-refractivity contribution is 0.0943. The molecule has 1 heterocycles. The van der Waals surface area contributed by atoms with Crippen LogP contribution in [0.4, 0.5) is 27.5 Å². The number of hydrogen-bond donors (Lipinski definition) is 3. The Labute approximate surface area is 218 Å². The van der Waals surface area contributed by atoms with Crippen LogP contribution in [0.15, 0.2) is 66.7 Å². The van der Waals surface area contributed by atoms with E-state index < -0.39 is 0 Å². The van der Waals surface area contributed by atoms with Gasteiger partial charge in [0.2, 0.25) is 0 Å². The van der Waals surface area contributed by atoms with Crippen molar-refractivity contribution >= 4 is 34.7 Å². The molecule has 3 aromatic rings. The second-order valence-electron chi connectivity index (χ2n) is 9.40. The van der Waals surface area contributed by atoms with Gasteiger partial charge in [-0.25, -0.2) is 4.79 Å². The van der Waals surface area contributed by atoms with Crippen molar-refractivity contribution in [2.45, 2.75) is 26.8 Å². The molecule has 0 aromatic heterocycles. The van der Waals surface area contributed by atoms with Crippen molar-refractivity contribution < 1.29 is 14.3 Å². The van der Waals surface area contributed by atoms with Gasteiger partial charge in [-0.05, 0) is 62.7 Å². The predicted molar refractivity (Wildman–Crippen MR) is 150 cm³/mol. The summed E-state index contributed by atoms with van der Waals surface area (Å²) in [4.78, 5) is 30.3. The smallest absolute Gasteiger partial charge is 0.323 e. The van der Waals surface area contributed by atoms with Gasteiger partial charge in [0.25, 0.3) is 5.91 Å². The van der Waals surface area contributed by atoms with E-state index in [4.69, 9.17) is 4.74 Å². The fourth-order valence-electron chi connectivity index (χ4n) is 4.49. The minimum absolute atomic E-state index is 0.0105. The Hall–Kier alpha value is -4.20. The van der Waals surface area contributed by atoms with Crippen LogP contribution in [0.5, 0.6) is 5.75 Å². The monoisotopic (exact) mass is 501 g/mol. The van der Waals surface area contributed by atoms with E-state index in [1.165, 1.54) is 0 Å². The average Bonchev–Trinajstić information content (AvgIpc) is 2.89. The van der Waals surface area contributed by atoms with Crippen molar-refractivity contribution in [3.8, 4) is 5.75 Å². The molecule has 0 radical (unpaired) electrons. The first kappa shape index (κ1) is 25.9. The molecule has 1 fully saturated rings. The Morgan fingerprint density at radius 3 is 2.16 bits per heavy atom. The van der Waals surface area contributed by atoms with Gasteiger partial charge in [-0.3, -0.25) is 4.79 Å². The fraction of sp³-hybridized carbons (Fsp3) is 0.310. The summed E-state index contributed by atoms with van der Waals surface area (Å²) in [6.07, 6.45) is 0. The van der Waals surface area contributed by atoms with E-state index in [1.54, 1.807) is 13.2 Å². The number of carbonyl (C=O) groups excluding carboxylic acids is 2. The van der Waals surface area contributed by atoms with Crippen LogP contribution in [0, 0.1) is 6.92 Å². The minimum atomic E-state index is -0.359. The molecule has 3 amide bonds. The molecule has 8 heteroatoms. The van der Waals surface area contributed by atoms with Gasteiger partial charge in [0, 0.05) is 49.3 Å². The fourth-order valence-corrected chi connectivity index (χ4v) is 4.49. The van der Waals surface area contributed by atoms with E-state index in [2.05, 4.69) is 31.8 Å². The van der Waals surface area contributed by atoms with E-state index in [0.717, 1.165) is 54.6 Å². The zero-order valence-corrected chi connectivity index (χ0v) is 21.9. The van der Waals surface area contributed by atoms with Crippen LogP contribution >= 0.6 is 0 Å². The third kappa shape index (κ3) is 6.33. The van der Waals surface area contributed by atoms with Crippen LogP contribution in [0.1, 0.15) is 29.8 Å². The summed E-state index contributed by atoms with van der Waals surface area (Å²) in [5.74, 6) is 0.687. The maximum absolute atomic E-state index is 13.2. The summed E-state index contributed by atoms with van der Waals surface area (Å²) in [5, 5.41) is 8.73. The molecular formula is C29H35N5O3. The van der Waals surface area contributed by atoms with Gasteiger partial charge >= 0.3 is 6.03 Å². The highest BCUT2D eigenvalue weighted by Gasteiger charge is 2.24. The van der Waals surface area contributed by atoms with Crippen molar-refractivity contribution in [2.24, 2.45) is 0 Å². The van der Waals surface area contributed by atoms with Crippen LogP contribution in [0.25, 0.3) is 0 Å². The number of hydrogen-bond acceptors (Lipinski definition) is 5. The summed E-state index contributed by atoms with van der Waals surface area (Å²) in [6.45, 7) is 8.89. The Morgan fingerprint density at radius 1 is 0.838 bits per heavy atom. The largest absolute Gasteiger partial charge is 0.495 e. The number of ether oxygens (including phenoxy) is 1. The average molecular weight is 502 g/mol. The van der Waals surface area contributed by atoms with Crippen molar-refractivity contribution in [2.75, 3.05) is 53.7 Å². The first-order valence-corrected chi connectivity index (χ1v) is 12.6. The number of urea groups is 1. The van der Waals surface area contributed by atoms with Gasteiger partial charge in [-0.2, -0.15) is 0 Å². The number of methoxy groups -OCH3 is 1. The van der Waals surface area contributed by atoms with E-state index in [1.807, 2.05) is 75.4 Å². The van der Waals surface area contributed by atoms with Gasteiger partial charge in [-0.15, -0.1) is 0 Å². The van der Waals surface area contributed by atoms with E-state index in [9.17, 15) is 9.59 Å². The van der Waals surface area contributed by atoms with Gasteiger partial charge in [0.05, 0.1) is 18.4 Å². The number of aryl methyl sites for hydroxylation is 1. The summed E-state index contributed by atoms with van der Waals surface area (Å²) >= 11 is 0. The number of anilines is 4. The summed E-state index contributed by atoms with van der Waals surface area (Å²) in [6, 6.07) is 20.7. The van der Waals surface area contributed by atoms with Gasteiger partial charge in [0.15, 0.2) is 0 Å². The van der Waals surface area contributed by atoms with Gasteiger partial charge < -0.3 is 30.5 Å². The Balaban J connectivity index is 1.51. The third-order valence-corrected chi connectivity index (χ3v) is 6.36. The van der Waals surface area contributed by atoms with Gasteiger partial charge in [-0.1, -0.05) is 30.3 Å². The van der Waals surface area contributed by atoms with E-state index in [0.29, 0.717) is 11.3 Å². The molecule has 1 aliphatic heterocycles. The summed E-state index contributed by atoms with van der Waals surface area (Å²) in [7, 11) is 1.69. The number of amides is 3. The molecule has 4 rings (SSSR count). The number of para-hydroxylation sites is 3. The number of nitrogens with one attached hydrogen (secondary N) is 3. The molecule has 0 spiro atoms. The molecule has 0 saturated carbocycles. The number of rotatable bonds is 7. The Bertz CT molecular complexity index is 1250. The zero-order chi connectivity index (χ0) is 26.4. The lowest BCUT2D eigenvalue weighted by Gasteiger charge is -2.38. The molecule has 0 aliphatic carbocycles. The highest BCUT2D eigenvalue weighted by atomic mass is 16.5. The maximum Gasteiger partial charge on any atom is 0.323 e. The molecule has 1 aliphatic rings. The van der Waals surface area contributed by atoms with Crippen LogP contribution in [0.3, 0.4) is 0 Å². The quantitative estimate of drug-likeness (QED) is 0.419. The maximum atomic E-state index is 13.2. The normalized spacial score (nSPS) is 13.3. The lowest BCUT2D eigenvalue weighted by Crippen LogP contribution is -2.47. The molecule has 0 bridgehead atoms. The lowest BCUT2D eigenvalue weighted by atomic mass is 10.1. The molecule has 3 aromatic carbocycles. The van der Waals surface area contributed by atoms with Crippen LogP contribution in [-0.2, 0) is 0 Å². The first-order chi connectivity index (χ1) is 17.9. The molecule has 8 nitrogen and oxygen atoms in total. The number of benzene rings is 3. The molecule has 3 N–H and O–H groups in total. The highest BCUT2D eigenvalue weighted by Crippen LogP contribution is 2.31.